The van der Waals surface area contributed by atoms with Gasteiger partial charge in [0.15, 0.2) is 11.5 Å². The zero-order chi connectivity index (χ0) is 28.4. The molecule has 1 N–H and O–H groups in total. The molecule has 1 unspecified atom stereocenters. The minimum atomic E-state index is -0.939. The number of aliphatic hydroxyl groups excluding tert-OH is 1. The summed E-state index contributed by atoms with van der Waals surface area (Å²) < 4.78 is 15.8. The van der Waals surface area contributed by atoms with Crippen molar-refractivity contribution in [1.82, 2.24) is 0 Å². The number of Topliss-reactive ketones (excluding diaryl/α,β-unsaturated/α-hetero) is 1. The van der Waals surface area contributed by atoms with Crippen LogP contribution in [0.1, 0.15) is 35.9 Å². The van der Waals surface area contributed by atoms with Crippen molar-refractivity contribution in [3.8, 4) is 11.5 Å². The second kappa shape index (κ2) is 11.7. The first-order chi connectivity index (χ1) is 18.6. The molecular formula is C28H25Cl2NO7S. The number of methoxy groups -OCH3 is 2. The molecule has 1 amide bonds. The van der Waals surface area contributed by atoms with Crippen molar-refractivity contribution in [2.24, 2.45) is 0 Å². The highest BCUT2D eigenvalue weighted by atomic mass is 35.5. The highest BCUT2D eigenvalue weighted by Gasteiger charge is 2.47. The van der Waals surface area contributed by atoms with Crippen molar-refractivity contribution in [3.05, 3.63) is 79.5 Å². The van der Waals surface area contributed by atoms with Gasteiger partial charge in [-0.1, -0.05) is 41.4 Å². The molecule has 1 atom stereocenters. The molecule has 1 aliphatic rings. The molecule has 1 aliphatic heterocycles. The third kappa shape index (κ3) is 5.48. The quantitative estimate of drug-likeness (QED) is 0.144. The smallest absolute Gasteiger partial charge is 0.310 e. The lowest BCUT2D eigenvalue weighted by Crippen LogP contribution is -2.29. The SMILES string of the molecule is COc1c(Cl)cc(/C(O)=C2/C(=O)C(=O)N(c3ccc(CC(=O)OC(C)C)cc3)C2c2cccs2)c(OC)c1Cl. The molecule has 4 rings (SSSR count). The molecule has 1 aromatic heterocycles. The van der Waals surface area contributed by atoms with Gasteiger partial charge in [-0.05, 0) is 49.1 Å². The average Bonchev–Trinajstić information content (AvgIpc) is 3.50. The Bertz CT molecular complexity index is 1450. The van der Waals surface area contributed by atoms with Gasteiger partial charge in [-0.2, -0.15) is 0 Å². The van der Waals surface area contributed by atoms with E-state index in [1.54, 1.807) is 55.6 Å². The molecule has 39 heavy (non-hydrogen) atoms. The first kappa shape index (κ1) is 28.5. The fraction of sp³-hybridized carbons (Fsp3) is 0.250. The number of amides is 1. The fourth-order valence-corrected chi connectivity index (χ4v) is 5.86. The van der Waals surface area contributed by atoms with Crippen LogP contribution in [0.4, 0.5) is 5.69 Å². The van der Waals surface area contributed by atoms with Crippen LogP contribution in [0.15, 0.2) is 53.4 Å². The number of ketones is 1. The number of hydrogen-bond acceptors (Lipinski definition) is 8. The third-order valence-corrected chi connectivity index (χ3v) is 7.53. The number of ether oxygens (including phenoxy) is 3. The highest BCUT2D eigenvalue weighted by molar-refractivity contribution is 7.10. The number of hydrogen-bond donors (Lipinski definition) is 1. The van der Waals surface area contributed by atoms with E-state index in [0.29, 0.717) is 16.1 Å². The molecule has 1 saturated heterocycles. The molecule has 1 fully saturated rings. The predicted molar refractivity (Wildman–Crippen MR) is 150 cm³/mol. The maximum atomic E-state index is 13.4. The lowest BCUT2D eigenvalue weighted by Gasteiger charge is -2.24. The Morgan fingerprint density at radius 3 is 2.31 bits per heavy atom. The lowest BCUT2D eigenvalue weighted by molar-refractivity contribution is -0.146. The summed E-state index contributed by atoms with van der Waals surface area (Å²) in [5.41, 5.74) is 0.976. The summed E-state index contributed by atoms with van der Waals surface area (Å²) in [7, 11) is 2.73. The molecule has 0 spiro atoms. The Morgan fingerprint density at radius 1 is 1.08 bits per heavy atom. The van der Waals surface area contributed by atoms with Gasteiger partial charge in [0, 0.05) is 10.6 Å². The van der Waals surface area contributed by atoms with Gasteiger partial charge >= 0.3 is 5.97 Å². The van der Waals surface area contributed by atoms with Crippen LogP contribution in [0, 0.1) is 0 Å². The summed E-state index contributed by atoms with van der Waals surface area (Å²) in [4.78, 5) is 40.8. The first-order valence-corrected chi connectivity index (χ1v) is 13.5. The second-order valence-electron chi connectivity index (χ2n) is 8.85. The lowest BCUT2D eigenvalue weighted by atomic mass is 9.99. The Kier molecular flexibility index (Phi) is 8.54. The molecule has 2 aromatic carbocycles. The van der Waals surface area contributed by atoms with E-state index in [9.17, 15) is 19.5 Å². The zero-order valence-electron chi connectivity index (χ0n) is 21.5. The van der Waals surface area contributed by atoms with E-state index in [2.05, 4.69) is 0 Å². The number of benzene rings is 2. The van der Waals surface area contributed by atoms with Gasteiger partial charge in [-0.25, -0.2) is 0 Å². The molecular weight excluding hydrogens is 565 g/mol. The predicted octanol–water partition coefficient (Wildman–Crippen LogP) is 6.19. The number of rotatable bonds is 8. The minimum Gasteiger partial charge on any atom is -0.507 e. The van der Waals surface area contributed by atoms with E-state index in [1.807, 2.05) is 0 Å². The van der Waals surface area contributed by atoms with Crippen LogP contribution >= 0.6 is 34.5 Å². The number of aliphatic hydroxyl groups is 1. The van der Waals surface area contributed by atoms with E-state index >= 15 is 0 Å². The summed E-state index contributed by atoms with van der Waals surface area (Å²) in [6.45, 7) is 3.54. The zero-order valence-corrected chi connectivity index (χ0v) is 23.8. The number of carbonyl (C=O) groups is 3. The summed E-state index contributed by atoms with van der Waals surface area (Å²) in [5.74, 6) is -2.41. The standard InChI is InChI=1S/C28H25Cl2NO7S/c1-14(2)38-20(32)12-15-7-9-16(10-8-15)31-23(19-6-5-11-39-19)21(25(34)28(31)35)24(33)17-13-18(29)27(37-4)22(30)26(17)36-3/h5-11,13-14,23,33H,12H2,1-4H3/b24-21-. The Labute approximate surface area is 239 Å². The first-order valence-electron chi connectivity index (χ1n) is 11.8. The number of halogens is 2. The molecule has 0 radical (unpaired) electrons. The van der Waals surface area contributed by atoms with Crippen LogP contribution in [-0.2, 0) is 25.5 Å². The highest BCUT2D eigenvalue weighted by Crippen LogP contribution is 2.48. The van der Waals surface area contributed by atoms with E-state index in [1.165, 1.54) is 36.5 Å². The van der Waals surface area contributed by atoms with Gasteiger partial charge in [0.05, 0.1) is 42.9 Å². The monoisotopic (exact) mass is 589 g/mol. The maximum Gasteiger partial charge on any atom is 0.310 e. The molecule has 11 heteroatoms. The number of thiophene rings is 1. The number of carbonyl (C=O) groups excluding carboxylic acids is 3. The Balaban J connectivity index is 1.82. The van der Waals surface area contributed by atoms with Gasteiger partial charge in [-0.3, -0.25) is 19.3 Å². The van der Waals surface area contributed by atoms with Gasteiger partial charge in [0.2, 0.25) is 0 Å². The van der Waals surface area contributed by atoms with Crippen molar-refractivity contribution in [3.63, 3.8) is 0 Å². The van der Waals surface area contributed by atoms with Gasteiger partial charge in [0.1, 0.15) is 16.8 Å². The van der Waals surface area contributed by atoms with Gasteiger partial charge < -0.3 is 19.3 Å². The van der Waals surface area contributed by atoms with Crippen LogP contribution in [-0.4, -0.2) is 43.1 Å². The fourth-order valence-electron chi connectivity index (χ4n) is 4.35. The Morgan fingerprint density at radius 2 is 1.74 bits per heavy atom. The van der Waals surface area contributed by atoms with Crippen LogP contribution in [0.2, 0.25) is 10.0 Å². The van der Waals surface area contributed by atoms with Crippen molar-refractivity contribution in [2.75, 3.05) is 19.1 Å². The van der Waals surface area contributed by atoms with E-state index in [-0.39, 0.29) is 51.2 Å². The molecule has 204 valence electrons. The number of anilines is 1. The Hall–Kier alpha value is -3.53. The summed E-state index contributed by atoms with van der Waals surface area (Å²) in [6, 6.07) is 10.6. The molecule has 3 aromatic rings. The van der Waals surface area contributed by atoms with Crippen LogP contribution in [0.5, 0.6) is 11.5 Å². The normalized spacial score (nSPS) is 16.6. The van der Waals surface area contributed by atoms with E-state index in [0.717, 1.165) is 0 Å². The molecule has 0 aliphatic carbocycles. The second-order valence-corrected chi connectivity index (χ2v) is 10.6. The molecule has 2 heterocycles. The van der Waals surface area contributed by atoms with E-state index < -0.39 is 23.5 Å². The maximum absolute atomic E-state index is 13.4. The number of esters is 1. The van der Waals surface area contributed by atoms with Crippen LogP contribution < -0.4 is 14.4 Å². The van der Waals surface area contributed by atoms with Crippen molar-refractivity contribution in [1.29, 1.82) is 0 Å². The molecule has 8 nitrogen and oxygen atoms in total. The van der Waals surface area contributed by atoms with E-state index in [4.69, 9.17) is 37.4 Å². The van der Waals surface area contributed by atoms with Crippen molar-refractivity contribution >= 4 is 63.6 Å². The molecule has 0 bridgehead atoms. The molecule has 0 saturated carbocycles. The van der Waals surface area contributed by atoms with Gasteiger partial charge in [0.25, 0.3) is 11.7 Å². The average molecular weight is 590 g/mol. The van der Waals surface area contributed by atoms with Crippen molar-refractivity contribution in [2.45, 2.75) is 32.4 Å². The number of nitrogens with zero attached hydrogens (tertiary/aromatic N) is 1. The largest absolute Gasteiger partial charge is 0.507 e. The summed E-state index contributed by atoms with van der Waals surface area (Å²) in [5, 5.41) is 13.4. The van der Waals surface area contributed by atoms with Crippen molar-refractivity contribution < 1.29 is 33.7 Å². The third-order valence-electron chi connectivity index (χ3n) is 5.98. The van der Waals surface area contributed by atoms with Crippen LogP contribution in [0.25, 0.3) is 5.76 Å². The van der Waals surface area contributed by atoms with Crippen LogP contribution in [0.3, 0.4) is 0 Å². The summed E-state index contributed by atoms with van der Waals surface area (Å²) >= 11 is 14.1. The minimum absolute atomic E-state index is 0.00235. The summed E-state index contributed by atoms with van der Waals surface area (Å²) in [6.07, 6.45) is -0.173. The topological polar surface area (TPSA) is 102 Å². The van der Waals surface area contributed by atoms with Gasteiger partial charge in [-0.15, -0.1) is 11.3 Å².